The van der Waals surface area contributed by atoms with Crippen molar-refractivity contribution in [2.24, 2.45) is 17.6 Å². The molecule has 3 N–H and O–H groups in total. The minimum absolute atomic E-state index is 0.0709. The fraction of sp³-hybridized carbons (Fsp3) is 0.917. The number of amides is 1. The third kappa shape index (κ3) is 3.40. The summed E-state index contributed by atoms with van der Waals surface area (Å²) in [5.74, 6) is 0.645. The number of morpholine rings is 1. The Labute approximate surface area is 103 Å². The highest BCUT2D eigenvalue weighted by molar-refractivity contribution is 5.78. The monoisotopic (exact) mass is 241 g/mol. The fourth-order valence-corrected chi connectivity index (χ4v) is 2.63. The van der Waals surface area contributed by atoms with Gasteiger partial charge in [0, 0.05) is 25.0 Å². The molecule has 0 radical (unpaired) electrons. The largest absolute Gasteiger partial charge is 0.379 e. The first-order valence-electron chi connectivity index (χ1n) is 6.55. The van der Waals surface area contributed by atoms with Crippen molar-refractivity contribution in [2.45, 2.75) is 32.2 Å². The van der Waals surface area contributed by atoms with Crippen LogP contribution in [0.4, 0.5) is 0 Å². The predicted molar refractivity (Wildman–Crippen MR) is 65.0 cm³/mol. The molecule has 98 valence electrons. The zero-order valence-electron chi connectivity index (χ0n) is 10.5. The molecule has 3 unspecified atom stereocenters. The Morgan fingerprint density at radius 1 is 1.35 bits per heavy atom. The fourth-order valence-electron chi connectivity index (χ4n) is 2.63. The quantitative estimate of drug-likeness (QED) is 0.720. The zero-order chi connectivity index (χ0) is 12.3. The molecule has 0 aromatic carbocycles. The lowest BCUT2D eigenvalue weighted by Crippen LogP contribution is -2.52. The predicted octanol–water partition coefficient (Wildman–Crippen LogP) is 0.113. The summed E-state index contributed by atoms with van der Waals surface area (Å²) in [6, 6.07) is 0.187. The lowest BCUT2D eigenvalue weighted by molar-refractivity contribution is -0.134. The van der Waals surface area contributed by atoms with Crippen LogP contribution in [0.5, 0.6) is 0 Å². The van der Waals surface area contributed by atoms with Crippen LogP contribution in [0.25, 0.3) is 0 Å². The maximum atomic E-state index is 12.2. The van der Waals surface area contributed by atoms with E-state index >= 15 is 0 Å². The Kier molecular flexibility index (Phi) is 4.36. The minimum atomic E-state index is 0.0709. The van der Waals surface area contributed by atoms with Crippen molar-refractivity contribution >= 4 is 5.91 Å². The van der Waals surface area contributed by atoms with Crippen LogP contribution < -0.4 is 11.2 Å². The van der Waals surface area contributed by atoms with Crippen LogP contribution in [0, 0.1) is 11.8 Å². The second-order valence-electron chi connectivity index (χ2n) is 5.23. The second-order valence-corrected chi connectivity index (χ2v) is 5.23. The van der Waals surface area contributed by atoms with E-state index < -0.39 is 0 Å². The Hall–Kier alpha value is -0.650. The molecule has 1 aliphatic carbocycles. The third-order valence-corrected chi connectivity index (χ3v) is 3.85. The first-order valence-corrected chi connectivity index (χ1v) is 6.55. The molecule has 2 fully saturated rings. The van der Waals surface area contributed by atoms with Crippen molar-refractivity contribution in [3.05, 3.63) is 0 Å². The smallest absolute Gasteiger partial charge is 0.237 e. The molecule has 0 spiro atoms. The van der Waals surface area contributed by atoms with Crippen molar-refractivity contribution < 1.29 is 9.53 Å². The van der Waals surface area contributed by atoms with Gasteiger partial charge in [0.1, 0.15) is 0 Å². The number of ether oxygens (including phenoxy) is 1. The van der Waals surface area contributed by atoms with Crippen LogP contribution in [0.2, 0.25) is 0 Å². The van der Waals surface area contributed by atoms with E-state index in [0.29, 0.717) is 19.1 Å². The van der Waals surface area contributed by atoms with Gasteiger partial charge in [0.15, 0.2) is 0 Å². The molecule has 1 aliphatic heterocycles. The number of rotatable bonds is 2. The molecule has 0 aromatic heterocycles. The second kappa shape index (κ2) is 5.80. The van der Waals surface area contributed by atoms with E-state index in [1.807, 2.05) is 5.01 Å². The number of hydrogen-bond acceptors (Lipinski definition) is 4. The highest BCUT2D eigenvalue weighted by Crippen LogP contribution is 2.29. The molecule has 1 amide bonds. The summed E-state index contributed by atoms with van der Waals surface area (Å²) in [4.78, 5) is 12.2. The van der Waals surface area contributed by atoms with E-state index in [1.165, 1.54) is 0 Å². The normalized spacial score (nSPS) is 35.5. The zero-order valence-corrected chi connectivity index (χ0v) is 10.5. The number of carbonyl (C=O) groups is 1. The average molecular weight is 241 g/mol. The number of hydrogen-bond donors (Lipinski definition) is 2. The van der Waals surface area contributed by atoms with E-state index in [1.54, 1.807) is 0 Å². The van der Waals surface area contributed by atoms with Gasteiger partial charge in [-0.2, -0.15) is 0 Å². The van der Waals surface area contributed by atoms with Gasteiger partial charge in [0.05, 0.1) is 13.2 Å². The Balaban J connectivity index is 1.85. The summed E-state index contributed by atoms with van der Waals surface area (Å²) in [5, 5.41) is 1.96. The van der Waals surface area contributed by atoms with Crippen LogP contribution in [0.3, 0.4) is 0 Å². The molecular weight excluding hydrogens is 218 g/mol. The minimum Gasteiger partial charge on any atom is -0.379 e. The molecule has 0 bridgehead atoms. The van der Waals surface area contributed by atoms with Gasteiger partial charge in [-0.1, -0.05) is 6.92 Å². The average Bonchev–Trinajstić information content (AvgIpc) is 2.33. The lowest BCUT2D eigenvalue weighted by atomic mass is 9.78. The van der Waals surface area contributed by atoms with Gasteiger partial charge in [-0.05, 0) is 25.2 Å². The summed E-state index contributed by atoms with van der Waals surface area (Å²) in [7, 11) is 0. The van der Waals surface area contributed by atoms with Crippen molar-refractivity contribution in [3.63, 3.8) is 0 Å². The molecule has 1 saturated heterocycles. The number of nitrogens with one attached hydrogen (secondary N) is 1. The van der Waals surface area contributed by atoms with E-state index in [9.17, 15) is 4.79 Å². The molecule has 0 aromatic rings. The SMILES string of the molecule is CC1CCC(N)CC1C(=O)NN1CCOCC1. The molecule has 2 aliphatic rings. The molecule has 1 heterocycles. The number of hydrazine groups is 1. The van der Waals surface area contributed by atoms with Gasteiger partial charge >= 0.3 is 0 Å². The maximum Gasteiger partial charge on any atom is 0.237 e. The van der Waals surface area contributed by atoms with Crippen molar-refractivity contribution in [1.82, 2.24) is 10.4 Å². The first kappa shape index (κ1) is 12.8. The van der Waals surface area contributed by atoms with E-state index in [4.69, 9.17) is 10.5 Å². The molecule has 5 heteroatoms. The van der Waals surface area contributed by atoms with Crippen molar-refractivity contribution in [2.75, 3.05) is 26.3 Å². The van der Waals surface area contributed by atoms with Gasteiger partial charge in [-0.25, -0.2) is 5.01 Å². The molecule has 5 nitrogen and oxygen atoms in total. The Bertz CT molecular complexity index is 266. The van der Waals surface area contributed by atoms with Crippen molar-refractivity contribution in [1.29, 1.82) is 0 Å². The Morgan fingerprint density at radius 2 is 2.06 bits per heavy atom. The van der Waals surface area contributed by atoms with Crippen LogP contribution in [0.1, 0.15) is 26.2 Å². The lowest BCUT2D eigenvalue weighted by Gasteiger charge is -2.34. The summed E-state index contributed by atoms with van der Waals surface area (Å²) in [6.07, 6.45) is 2.92. The standard InChI is InChI=1S/C12H23N3O2/c1-9-2-3-10(13)8-11(9)12(16)14-15-4-6-17-7-5-15/h9-11H,2-8,13H2,1H3,(H,14,16). The number of carbonyl (C=O) groups excluding carboxylic acids is 1. The molecule has 1 saturated carbocycles. The maximum absolute atomic E-state index is 12.2. The topological polar surface area (TPSA) is 67.6 Å². The van der Waals surface area contributed by atoms with Crippen LogP contribution in [0.15, 0.2) is 0 Å². The van der Waals surface area contributed by atoms with Gasteiger partial charge in [0.2, 0.25) is 5.91 Å². The van der Waals surface area contributed by atoms with Gasteiger partial charge in [-0.15, -0.1) is 0 Å². The highest BCUT2D eigenvalue weighted by Gasteiger charge is 2.32. The number of nitrogens with two attached hydrogens (primary N) is 1. The Morgan fingerprint density at radius 3 is 2.76 bits per heavy atom. The van der Waals surface area contributed by atoms with Crippen LogP contribution >= 0.6 is 0 Å². The molecular formula is C12H23N3O2. The van der Waals surface area contributed by atoms with E-state index in [0.717, 1.165) is 32.4 Å². The molecule has 17 heavy (non-hydrogen) atoms. The summed E-state index contributed by atoms with van der Waals surface area (Å²) in [5.41, 5.74) is 8.94. The van der Waals surface area contributed by atoms with E-state index in [-0.39, 0.29) is 17.9 Å². The number of nitrogens with zero attached hydrogens (tertiary/aromatic N) is 1. The molecule has 3 atom stereocenters. The highest BCUT2D eigenvalue weighted by atomic mass is 16.5. The van der Waals surface area contributed by atoms with Crippen LogP contribution in [-0.4, -0.2) is 43.3 Å². The van der Waals surface area contributed by atoms with Crippen LogP contribution in [-0.2, 0) is 9.53 Å². The summed E-state index contributed by atoms with van der Waals surface area (Å²) >= 11 is 0. The summed E-state index contributed by atoms with van der Waals surface area (Å²) < 4.78 is 5.25. The van der Waals surface area contributed by atoms with Gasteiger partial charge < -0.3 is 10.5 Å². The van der Waals surface area contributed by atoms with Crippen molar-refractivity contribution in [3.8, 4) is 0 Å². The van der Waals surface area contributed by atoms with E-state index in [2.05, 4.69) is 12.3 Å². The van der Waals surface area contributed by atoms with Gasteiger partial charge in [0.25, 0.3) is 0 Å². The third-order valence-electron chi connectivity index (χ3n) is 3.85. The molecule has 2 rings (SSSR count). The summed E-state index contributed by atoms with van der Waals surface area (Å²) in [6.45, 7) is 5.09. The first-order chi connectivity index (χ1) is 8.16. The van der Waals surface area contributed by atoms with Gasteiger partial charge in [-0.3, -0.25) is 10.2 Å².